The average molecular weight is 421 g/mol. The third-order valence-corrected chi connectivity index (χ3v) is 7.59. The Kier molecular flexibility index (Phi) is 7.45. The molecule has 2 aliphatic rings. The lowest BCUT2D eigenvalue weighted by Crippen LogP contribution is -2.53. The van der Waals surface area contributed by atoms with Crippen molar-refractivity contribution < 1.29 is 13.2 Å². The van der Waals surface area contributed by atoms with Crippen LogP contribution in [0.4, 0.5) is 0 Å². The Morgan fingerprint density at radius 2 is 1.79 bits per heavy atom. The Labute approximate surface area is 174 Å². The highest BCUT2D eigenvalue weighted by Gasteiger charge is 2.35. The maximum absolute atomic E-state index is 13.0. The molecule has 0 spiro atoms. The van der Waals surface area contributed by atoms with Crippen molar-refractivity contribution in [3.8, 4) is 0 Å². The summed E-state index contributed by atoms with van der Waals surface area (Å²) in [5.41, 5.74) is 1.19. The average Bonchev–Trinajstić information content (AvgIpc) is 2.74. The van der Waals surface area contributed by atoms with E-state index in [1.165, 1.54) is 28.3 Å². The number of nitrogens with zero attached hydrogens (tertiary/aromatic N) is 4. The fraction of sp³-hybridized carbons (Fsp3) is 0.571. The van der Waals surface area contributed by atoms with Gasteiger partial charge in [0.2, 0.25) is 5.91 Å². The van der Waals surface area contributed by atoms with Gasteiger partial charge in [-0.25, -0.2) is 0 Å². The van der Waals surface area contributed by atoms with Crippen LogP contribution in [0.25, 0.3) is 6.08 Å². The largest absolute Gasteiger partial charge is 0.340 e. The maximum Gasteiger partial charge on any atom is 0.281 e. The Bertz CT molecular complexity index is 802. The van der Waals surface area contributed by atoms with Crippen LogP contribution in [0.5, 0.6) is 0 Å². The zero-order valence-electron chi connectivity index (χ0n) is 17.4. The van der Waals surface area contributed by atoms with Gasteiger partial charge < -0.3 is 4.90 Å². The van der Waals surface area contributed by atoms with Gasteiger partial charge in [-0.15, -0.1) is 0 Å². The summed E-state index contributed by atoms with van der Waals surface area (Å²) < 4.78 is 27.5. The topological polar surface area (TPSA) is 64.2 Å². The molecule has 2 aliphatic heterocycles. The van der Waals surface area contributed by atoms with Crippen molar-refractivity contribution >= 4 is 22.2 Å². The van der Waals surface area contributed by atoms with Crippen LogP contribution in [0.1, 0.15) is 18.4 Å². The van der Waals surface area contributed by atoms with Crippen molar-refractivity contribution in [3.05, 3.63) is 42.0 Å². The van der Waals surface area contributed by atoms with Gasteiger partial charge in [0.05, 0.1) is 5.92 Å². The van der Waals surface area contributed by atoms with Crippen molar-refractivity contribution in [2.24, 2.45) is 5.92 Å². The summed E-state index contributed by atoms with van der Waals surface area (Å²) in [4.78, 5) is 17.2. The molecule has 2 heterocycles. The first-order valence-corrected chi connectivity index (χ1v) is 11.7. The molecule has 0 unspecified atom stereocenters. The minimum atomic E-state index is -3.46. The molecule has 0 bridgehead atoms. The van der Waals surface area contributed by atoms with Crippen LogP contribution >= 0.6 is 0 Å². The second kappa shape index (κ2) is 9.84. The van der Waals surface area contributed by atoms with Crippen molar-refractivity contribution in [3.63, 3.8) is 0 Å². The first-order valence-electron chi connectivity index (χ1n) is 10.3. The van der Waals surface area contributed by atoms with Gasteiger partial charge in [0.1, 0.15) is 0 Å². The summed E-state index contributed by atoms with van der Waals surface area (Å²) in [6, 6.07) is 10.2. The summed E-state index contributed by atoms with van der Waals surface area (Å²) in [5, 5.41) is 0. The van der Waals surface area contributed by atoms with E-state index < -0.39 is 10.2 Å². The van der Waals surface area contributed by atoms with E-state index in [4.69, 9.17) is 0 Å². The quantitative estimate of drug-likeness (QED) is 0.697. The van der Waals surface area contributed by atoms with Crippen molar-refractivity contribution in [1.82, 2.24) is 18.4 Å². The molecule has 0 aliphatic carbocycles. The second-order valence-corrected chi connectivity index (χ2v) is 10.1. The first-order chi connectivity index (χ1) is 13.9. The fourth-order valence-corrected chi connectivity index (χ4v) is 5.09. The molecule has 1 aromatic rings. The molecule has 2 saturated heterocycles. The molecule has 0 saturated carbocycles. The predicted octanol–water partition coefficient (Wildman–Crippen LogP) is 1.36. The summed E-state index contributed by atoms with van der Waals surface area (Å²) >= 11 is 0. The van der Waals surface area contributed by atoms with Crippen LogP contribution in [0, 0.1) is 5.92 Å². The van der Waals surface area contributed by atoms with Gasteiger partial charge in [-0.2, -0.15) is 17.0 Å². The van der Waals surface area contributed by atoms with Gasteiger partial charge >= 0.3 is 0 Å². The van der Waals surface area contributed by atoms with Crippen LogP contribution in [0.3, 0.4) is 0 Å². The van der Waals surface area contributed by atoms with Gasteiger partial charge in [-0.3, -0.25) is 9.69 Å². The number of piperidine rings is 1. The lowest BCUT2D eigenvalue weighted by atomic mass is 9.98. The number of carbonyl (C=O) groups is 1. The second-order valence-electron chi connectivity index (χ2n) is 7.93. The maximum atomic E-state index is 13.0. The molecule has 8 heteroatoms. The molecule has 2 fully saturated rings. The van der Waals surface area contributed by atoms with E-state index in [-0.39, 0.29) is 11.8 Å². The molecular formula is C21H32N4O3S. The van der Waals surface area contributed by atoms with Gasteiger partial charge in [-0.1, -0.05) is 42.5 Å². The molecule has 29 heavy (non-hydrogen) atoms. The molecule has 1 amide bonds. The van der Waals surface area contributed by atoms with Crippen LogP contribution in [-0.2, 0) is 15.0 Å². The van der Waals surface area contributed by atoms with Gasteiger partial charge in [-0.05, 0) is 18.4 Å². The monoisotopic (exact) mass is 420 g/mol. The Hall–Kier alpha value is -1.74. The van der Waals surface area contributed by atoms with Crippen molar-refractivity contribution in [2.75, 3.05) is 59.9 Å². The molecule has 3 rings (SSSR count). The minimum Gasteiger partial charge on any atom is -0.340 e. The predicted molar refractivity (Wildman–Crippen MR) is 115 cm³/mol. The number of carbonyl (C=O) groups excluding carboxylic acids is 1. The SMILES string of the molecule is CN(C)S(=O)(=O)N1CCC[C@H](C(=O)N2CCN(C/C=C/c3ccccc3)CC2)C1. The third kappa shape index (κ3) is 5.66. The Balaban J connectivity index is 1.48. The summed E-state index contributed by atoms with van der Waals surface area (Å²) in [5.74, 6) is -0.133. The molecule has 1 aromatic carbocycles. The van der Waals surface area contributed by atoms with Crippen molar-refractivity contribution in [1.29, 1.82) is 0 Å². The van der Waals surface area contributed by atoms with Crippen LogP contribution in [-0.4, -0.2) is 92.6 Å². The van der Waals surface area contributed by atoms with Crippen molar-refractivity contribution in [2.45, 2.75) is 12.8 Å². The highest BCUT2D eigenvalue weighted by molar-refractivity contribution is 7.86. The van der Waals surface area contributed by atoms with E-state index >= 15 is 0 Å². The molecule has 7 nitrogen and oxygen atoms in total. The third-order valence-electron chi connectivity index (χ3n) is 5.68. The molecular weight excluding hydrogens is 388 g/mol. The number of piperazine rings is 1. The van der Waals surface area contributed by atoms with E-state index in [9.17, 15) is 13.2 Å². The Morgan fingerprint density at radius 1 is 1.10 bits per heavy atom. The standard InChI is InChI=1S/C21H32N4O3S/c1-22(2)29(27,28)25-13-7-11-20(18-25)21(26)24-16-14-23(15-17-24)12-6-10-19-8-4-3-5-9-19/h3-6,8-10,20H,7,11-18H2,1-2H3/b10-6+/t20-/m0/s1. The fourth-order valence-electron chi connectivity index (χ4n) is 3.90. The van der Waals surface area contributed by atoms with Gasteiger partial charge in [0.15, 0.2) is 0 Å². The molecule has 0 N–H and O–H groups in total. The lowest BCUT2D eigenvalue weighted by molar-refractivity contribution is -0.138. The van der Waals surface area contributed by atoms with E-state index in [1.807, 2.05) is 23.1 Å². The highest BCUT2D eigenvalue weighted by atomic mass is 32.2. The summed E-state index contributed by atoms with van der Waals surface area (Å²) in [6.07, 6.45) is 5.78. The van der Waals surface area contributed by atoms with Crippen LogP contribution < -0.4 is 0 Å². The van der Waals surface area contributed by atoms with E-state index in [2.05, 4.69) is 29.2 Å². The molecule has 160 valence electrons. The molecule has 0 radical (unpaired) electrons. The smallest absolute Gasteiger partial charge is 0.281 e. The van der Waals surface area contributed by atoms with Crippen LogP contribution in [0.15, 0.2) is 36.4 Å². The molecule has 1 atom stereocenters. The zero-order chi connectivity index (χ0) is 20.9. The summed E-state index contributed by atoms with van der Waals surface area (Å²) in [7, 11) is -0.391. The lowest BCUT2D eigenvalue weighted by Gasteiger charge is -2.38. The van der Waals surface area contributed by atoms with Gasteiger partial charge in [0.25, 0.3) is 10.2 Å². The first kappa shape index (κ1) is 22.0. The van der Waals surface area contributed by atoms with E-state index in [0.717, 1.165) is 32.5 Å². The van der Waals surface area contributed by atoms with Crippen LogP contribution in [0.2, 0.25) is 0 Å². The van der Waals surface area contributed by atoms with E-state index in [1.54, 1.807) is 0 Å². The number of hydrogen-bond donors (Lipinski definition) is 0. The molecule has 0 aromatic heterocycles. The number of rotatable bonds is 6. The number of hydrogen-bond acceptors (Lipinski definition) is 4. The minimum absolute atomic E-state index is 0.100. The summed E-state index contributed by atoms with van der Waals surface area (Å²) in [6.45, 7) is 4.75. The Morgan fingerprint density at radius 3 is 2.45 bits per heavy atom. The number of benzene rings is 1. The van der Waals surface area contributed by atoms with E-state index in [0.29, 0.717) is 26.2 Å². The zero-order valence-corrected chi connectivity index (χ0v) is 18.2. The number of amides is 1. The highest BCUT2D eigenvalue weighted by Crippen LogP contribution is 2.22. The van der Waals surface area contributed by atoms with Gasteiger partial charge in [0, 0.05) is 59.9 Å². The normalized spacial score (nSPS) is 22.4.